The van der Waals surface area contributed by atoms with Crippen molar-refractivity contribution < 1.29 is 8.42 Å². The third kappa shape index (κ3) is 4.46. The van der Waals surface area contributed by atoms with Gasteiger partial charge >= 0.3 is 0 Å². The molecular weight excluding hydrogens is 308 g/mol. The molecule has 0 aliphatic rings. The van der Waals surface area contributed by atoms with Crippen LogP contribution in [0.5, 0.6) is 0 Å². The van der Waals surface area contributed by atoms with Gasteiger partial charge in [0.25, 0.3) is 10.0 Å². The second-order valence-corrected chi connectivity index (χ2v) is 6.77. The van der Waals surface area contributed by atoms with E-state index in [1.807, 2.05) is 12.1 Å². The Labute approximate surface area is 130 Å². The number of sulfonamides is 1. The standard InChI is InChI=1S/C15H17ClN2O2S/c16-13-4-1-5-14(11-13)18-21(19,20)15-8-6-12(7-9-15)3-2-10-17/h1,4-9,11,18H,2-3,10,17H2. The third-order valence-corrected chi connectivity index (χ3v) is 4.61. The van der Waals surface area contributed by atoms with Gasteiger partial charge in [-0.05, 0) is 55.3 Å². The van der Waals surface area contributed by atoms with E-state index in [4.69, 9.17) is 17.3 Å². The lowest BCUT2D eigenvalue weighted by molar-refractivity contribution is 0.601. The van der Waals surface area contributed by atoms with Gasteiger partial charge in [0, 0.05) is 5.02 Å². The first-order valence-electron chi connectivity index (χ1n) is 6.59. The molecule has 0 amide bonds. The molecule has 3 N–H and O–H groups in total. The van der Waals surface area contributed by atoms with Crippen LogP contribution in [0.3, 0.4) is 0 Å². The maximum absolute atomic E-state index is 12.3. The highest BCUT2D eigenvalue weighted by Crippen LogP contribution is 2.20. The molecule has 0 fully saturated rings. The normalized spacial score (nSPS) is 11.3. The molecule has 0 saturated carbocycles. The maximum Gasteiger partial charge on any atom is 0.261 e. The van der Waals surface area contributed by atoms with Crippen molar-refractivity contribution in [3.8, 4) is 0 Å². The van der Waals surface area contributed by atoms with Gasteiger partial charge in [-0.3, -0.25) is 4.72 Å². The molecule has 2 rings (SSSR count). The Bertz CT molecular complexity index is 700. The van der Waals surface area contributed by atoms with Crippen LogP contribution in [0.4, 0.5) is 5.69 Å². The number of rotatable bonds is 6. The molecule has 0 radical (unpaired) electrons. The summed E-state index contributed by atoms with van der Waals surface area (Å²) in [4.78, 5) is 0.221. The molecule has 0 aromatic heterocycles. The molecule has 0 spiro atoms. The summed E-state index contributed by atoms with van der Waals surface area (Å²) >= 11 is 5.84. The number of nitrogens with one attached hydrogen (secondary N) is 1. The van der Waals surface area contributed by atoms with E-state index in [1.165, 1.54) is 0 Å². The topological polar surface area (TPSA) is 72.2 Å². The van der Waals surface area contributed by atoms with Crippen LogP contribution >= 0.6 is 11.6 Å². The van der Waals surface area contributed by atoms with Crippen LogP contribution in [0, 0.1) is 0 Å². The number of hydrogen-bond acceptors (Lipinski definition) is 3. The van der Waals surface area contributed by atoms with Crippen molar-refractivity contribution in [2.45, 2.75) is 17.7 Å². The molecule has 0 aliphatic heterocycles. The molecule has 2 aromatic carbocycles. The molecule has 0 unspecified atom stereocenters. The summed E-state index contributed by atoms with van der Waals surface area (Å²) < 4.78 is 27.0. The van der Waals surface area contributed by atoms with Crippen molar-refractivity contribution in [1.82, 2.24) is 0 Å². The zero-order valence-electron chi connectivity index (χ0n) is 11.4. The summed E-state index contributed by atoms with van der Waals surface area (Å²) in [5.74, 6) is 0. The van der Waals surface area contributed by atoms with E-state index in [2.05, 4.69) is 4.72 Å². The summed E-state index contributed by atoms with van der Waals surface area (Å²) in [6.45, 7) is 0.621. The van der Waals surface area contributed by atoms with Crippen molar-refractivity contribution in [2.24, 2.45) is 5.73 Å². The lowest BCUT2D eigenvalue weighted by Gasteiger charge is -2.09. The average molecular weight is 325 g/mol. The molecule has 0 bridgehead atoms. The Balaban J connectivity index is 2.15. The van der Waals surface area contributed by atoms with E-state index < -0.39 is 10.0 Å². The number of nitrogens with two attached hydrogens (primary N) is 1. The Morgan fingerprint density at radius 3 is 2.43 bits per heavy atom. The fourth-order valence-corrected chi connectivity index (χ4v) is 3.15. The largest absolute Gasteiger partial charge is 0.330 e. The van der Waals surface area contributed by atoms with Gasteiger partial charge in [0.2, 0.25) is 0 Å². The molecule has 0 atom stereocenters. The van der Waals surface area contributed by atoms with E-state index in [-0.39, 0.29) is 4.90 Å². The smallest absolute Gasteiger partial charge is 0.261 e. The van der Waals surface area contributed by atoms with Crippen LogP contribution in [0.1, 0.15) is 12.0 Å². The van der Waals surface area contributed by atoms with Gasteiger partial charge in [0.1, 0.15) is 0 Å². The summed E-state index contributed by atoms with van der Waals surface area (Å²) in [6, 6.07) is 13.4. The van der Waals surface area contributed by atoms with Gasteiger partial charge < -0.3 is 5.73 Å². The van der Waals surface area contributed by atoms with Crippen LogP contribution < -0.4 is 10.5 Å². The second kappa shape index (κ2) is 6.93. The van der Waals surface area contributed by atoms with Crippen molar-refractivity contribution >= 4 is 27.3 Å². The SMILES string of the molecule is NCCCc1ccc(S(=O)(=O)Nc2cccc(Cl)c2)cc1. The molecule has 0 heterocycles. The Morgan fingerprint density at radius 2 is 1.81 bits per heavy atom. The highest BCUT2D eigenvalue weighted by atomic mass is 35.5. The minimum atomic E-state index is -3.60. The zero-order valence-corrected chi connectivity index (χ0v) is 13.0. The van der Waals surface area contributed by atoms with Gasteiger partial charge in [0.15, 0.2) is 0 Å². The summed E-state index contributed by atoms with van der Waals surface area (Å²) in [5.41, 5.74) is 6.97. The first-order chi connectivity index (χ1) is 10.0. The Morgan fingerprint density at radius 1 is 1.10 bits per heavy atom. The number of anilines is 1. The van der Waals surface area contributed by atoms with Crippen molar-refractivity contribution in [2.75, 3.05) is 11.3 Å². The average Bonchev–Trinajstić information content (AvgIpc) is 2.45. The molecule has 0 saturated heterocycles. The zero-order chi connectivity index (χ0) is 15.3. The summed E-state index contributed by atoms with van der Waals surface area (Å²) in [5, 5.41) is 0.479. The van der Waals surface area contributed by atoms with Gasteiger partial charge in [0.05, 0.1) is 10.6 Å². The first-order valence-corrected chi connectivity index (χ1v) is 8.45. The molecule has 6 heteroatoms. The van der Waals surface area contributed by atoms with Gasteiger partial charge in [-0.2, -0.15) is 0 Å². The number of aryl methyl sites for hydroxylation is 1. The Kier molecular flexibility index (Phi) is 5.22. The van der Waals surface area contributed by atoms with E-state index in [1.54, 1.807) is 36.4 Å². The Hall–Kier alpha value is -1.56. The first kappa shape index (κ1) is 15.8. The minimum Gasteiger partial charge on any atom is -0.330 e. The number of hydrogen-bond donors (Lipinski definition) is 2. The molecule has 21 heavy (non-hydrogen) atoms. The van der Waals surface area contributed by atoms with E-state index in [0.29, 0.717) is 17.3 Å². The third-order valence-electron chi connectivity index (χ3n) is 2.98. The predicted molar refractivity (Wildman–Crippen MR) is 86.1 cm³/mol. The quantitative estimate of drug-likeness (QED) is 0.857. The van der Waals surface area contributed by atoms with Crippen LogP contribution in [0.25, 0.3) is 0 Å². The van der Waals surface area contributed by atoms with Crippen LogP contribution in [0.2, 0.25) is 5.02 Å². The molecule has 0 aliphatic carbocycles. The van der Waals surface area contributed by atoms with Crippen molar-refractivity contribution in [1.29, 1.82) is 0 Å². The van der Waals surface area contributed by atoms with E-state index in [9.17, 15) is 8.42 Å². The lowest BCUT2D eigenvalue weighted by atomic mass is 10.1. The molecule has 112 valence electrons. The van der Waals surface area contributed by atoms with Crippen LogP contribution in [-0.4, -0.2) is 15.0 Å². The summed E-state index contributed by atoms with van der Waals surface area (Å²) in [6.07, 6.45) is 1.73. The number of benzene rings is 2. The van der Waals surface area contributed by atoms with Crippen LogP contribution in [0.15, 0.2) is 53.4 Å². The molecular formula is C15H17ClN2O2S. The fourth-order valence-electron chi connectivity index (χ4n) is 1.91. The monoisotopic (exact) mass is 324 g/mol. The van der Waals surface area contributed by atoms with E-state index >= 15 is 0 Å². The van der Waals surface area contributed by atoms with Gasteiger partial charge in [-0.25, -0.2) is 8.42 Å². The summed E-state index contributed by atoms with van der Waals surface area (Å²) in [7, 11) is -3.60. The van der Waals surface area contributed by atoms with Crippen molar-refractivity contribution in [3.05, 3.63) is 59.1 Å². The fraction of sp³-hybridized carbons (Fsp3) is 0.200. The minimum absolute atomic E-state index is 0.221. The highest BCUT2D eigenvalue weighted by molar-refractivity contribution is 7.92. The molecule has 2 aromatic rings. The second-order valence-electron chi connectivity index (χ2n) is 4.65. The number of halogens is 1. The van der Waals surface area contributed by atoms with Gasteiger partial charge in [-0.15, -0.1) is 0 Å². The maximum atomic E-state index is 12.3. The van der Waals surface area contributed by atoms with Crippen molar-refractivity contribution in [3.63, 3.8) is 0 Å². The predicted octanol–water partition coefficient (Wildman–Crippen LogP) is 3.03. The van der Waals surface area contributed by atoms with Crippen LogP contribution in [-0.2, 0) is 16.4 Å². The highest BCUT2D eigenvalue weighted by Gasteiger charge is 2.14. The molecule has 4 nitrogen and oxygen atoms in total. The van der Waals surface area contributed by atoms with Gasteiger partial charge in [-0.1, -0.05) is 29.8 Å². The lowest BCUT2D eigenvalue weighted by Crippen LogP contribution is -2.12. The van der Waals surface area contributed by atoms with E-state index in [0.717, 1.165) is 18.4 Å².